The van der Waals surface area contributed by atoms with Crippen molar-refractivity contribution in [1.29, 1.82) is 0 Å². The van der Waals surface area contributed by atoms with Crippen LogP contribution in [-0.2, 0) is 9.53 Å². The van der Waals surface area contributed by atoms with Crippen LogP contribution in [-0.4, -0.2) is 23.5 Å². The Morgan fingerprint density at radius 2 is 2.00 bits per heavy atom. The van der Waals surface area contributed by atoms with Crippen molar-refractivity contribution in [2.75, 3.05) is 6.61 Å². The molecule has 3 atom stereocenters. The van der Waals surface area contributed by atoms with Gasteiger partial charge in [0.1, 0.15) is 0 Å². The molecule has 0 bridgehead atoms. The molecule has 0 aliphatic carbocycles. The Labute approximate surface area is 101 Å². The maximum Gasteiger partial charge on any atom is 0.228 e. The zero-order valence-electron chi connectivity index (χ0n) is 10.0. The number of nitrogens with zero attached hydrogens (tertiary/aromatic N) is 1. The van der Waals surface area contributed by atoms with E-state index in [1.165, 1.54) is 0 Å². The van der Waals surface area contributed by atoms with Crippen LogP contribution in [0.25, 0.3) is 0 Å². The zero-order chi connectivity index (χ0) is 11.8. The molecule has 2 aliphatic rings. The highest BCUT2D eigenvalue weighted by Crippen LogP contribution is 2.37. The number of hydrogen-bond donors (Lipinski definition) is 0. The van der Waals surface area contributed by atoms with Crippen molar-refractivity contribution < 1.29 is 9.53 Å². The van der Waals surface area contributed by atoms with Gasteiger partial charge in [0, 0.05) is 11.5 Å². The maximum atomic E-state index is 12.2. The van der Waals surface area contributed by atoms with Crippen LogP contribution in [0.2, 0.25) is 0 Å². The summed E-state index contributed by atoms with van der Waals surface area (Å²) < 4.78 is 5.81. The first-order chi connectivity index (χ1) is 8.27. The van der Waals surface area contributed by atoms with Gasteiger partial charge in [0.05, 0.1) is 12.6 Å². The van der Waals surface area contributed by atoms with Gasteiger partial charge in [-0.05, 0) is 12.8 Å². The summed E-state index contributed by atoms with van der Waals surface area (Å²) in [6.07, 6.45) is 1.89. The van der Waals surface area contributed by atoms with E-state index in [9.17, 15) is 4.79 Å². The predicted molar refractivity (Wildman–Crippen MR) is 64.2 cm³/mol. The van der Waals surface area contributed by atoms with E-state index in [4.69, 9.17) is 4.74 Å². The average molecular weight is 231 g/mol. The SMILES string of the molecule is C[C@H]1CC[C@H]2CO[C@H](c3ccccc3)N2C1=O. The molecule has 2 fully saturated rings. The van der Waals surface area contributed by atoms with E-state index >= 15 is 0 Å². The molecule has 2 heterocycles. The number of amides is 1. The standard InChI is InChI=1S/C14H17NO2/c1-10-7-8-12-9-17-14(15(12)13(10)16)11-5-3-2-4-6-11/h2-6,10,12,14H,7-9H2,1H3/t10-,12-,14+/m0/s1. The molecule has 0 radical (unpaired) electrons. The van der Waals surface area contributed by atoms with Gasteiger partial charge in [0.25, 0.3) is 0 Å². The molecule has 0 aromatic heterocycles. The zero-order valence-corrected chi connectivity index (χ0v) is 10.0. The highest BCUT2D eigenvalue weighted by atomic mass is 16.5. The number of carbonyl (C=O) groups is 1. The summed E-state index contributed by atoms with van der Waals surface area (Å²) in [5, 5.41) is 0. The van der Waals surface area contributed by atoms with E-state index in [0.717, 1.165) is 18.4 Å². The fraction of sp³-hybridized carbons (Fsp3) is 0.500. The molecule has 3 heteroatoms. The van der Waals surface area contributed by atoms with Crippen LogP contribution in [0.5, 0.6) is 0 Å². The lowest BCUT2D eigenvalue weighted by Crippen LogP contribution is -2.45. The fourth-order valence-corrected chi connectivity index (χ4v) is 2.77. The van der Waals surface area contributed by atoms with Crippen molar-refractivity contribution in [3.63, 3.8) is 0 Å². The van der Waals surface area contributed by atoms with Gasteiger partial charge < -0.3 is 9.64 Å². The van der Waals surface area contributed by atoms with Gasteiger partial charge in [-0.25, -0.2) is 0 Å². The third kappa shape index (κ3) is 1.75. The van der Waals surface area contributed by atoms with Crippen LogP contribution < -0.4 is 0 Å². The Kier molecular flexibility index (Phi) is 2.63. The van der Waals surface area contributed by atoms with Gasteiger partial charge in [-0.2, -0.15) is 0 Å². The summed E-state index contributed by atoms with van der Waals surface area (Å²) in [5.41, 5.74) is 1.08. The van der Waals surface area contributed by atoms with Crippen molar-refractivity contribution in [3.8, 4) is 0 Å². The summed E-state index contributed by atoms with van der Waals surface area (Å²) in [5.74, 6) is 0.381. The lowest BCUT2D eigenvalue weighted by molar-refractivity contribution is -0.145. The molecule has 90 valence electrons. The van der Waals surface area contributed by atoms with E-state index in [1.54, 1.807) is 0 Å². The van der Waals surface area contributed by atoms with Gasteiger partial charge in [-0.15, -0.1) is 0 Å². The monoisotopic (exact) mass is 231 g/mol. The number of benzene rings is 1. The first-order valence-corrected chi connectivity index (χ1v) is 6.26. The van der Waals surface area contributed by atoms with Crippen LogP contribution in [0, 0.1) is 5.92 Å². The minimum absolute atomic E-state index is 0.138. The number of rotatable bonds is 1. The fourth-order valence-electron chi connectivity index (χ4n) is 2.77. The van der Waals surface area contributed by atoms with Crippen LogP contribution in [0.1, 0.15) is 31.6 Å². The Bertz CT molecular complexity index is 417. The second-order valence-corrected chi connectivity index (χ2v) is 4.97. The van der Waals surface area contributed by atoms with Gasteiger partial charge in [-0.1, -0.05) is 37.3 Å². The molecule has 0 spiro atoms. The minimum atomic E-state index is -0.170. The van der Waals surface area contributed by atoms with E-state index in [-0.39, 0.29) is 24.1 Å². The lowest BCUT2D eigenvalue weighted by Gasteiger charge is -2.35. The van der Waals surface area contributed by atoms with Crippen molar-refractivity contribution in [1.82, 2.24) is 4.90 Å². The normalized spacial score (nSPS) is 32.6. The maximum absolute atomic E-state index is 12.2. The quantitative estimate of drug-likeness (QED) is 0.742. The van der Waals surface area contributed by atoms with E-state index < -0.39 is 0 Å². The largest absolute Gasteiger partial charge is 0.352 e. The molecule has 3 rings (SSSR count). The molecule has 2 aliphatic heterocycles. The van der Waals surface area contributed by atoms with Gasteiger partial charge in [0.2, 0.25) is 5.91 Å². The molecule has 0 N–H and O–H groups in total. The van der Waals surface area contributed by atoms with Crippen LogP contribution in [0.15, 0.2) is 30.3 Å². The van der Waals surface area contributed by atoms with E-state index in [2.05, 4.69) is 0 Å². The van der Waals surface area contributed by atoms with Crippen molar-refractivity contribution in [3.05, 3.63) is 35.9 Å². The van der Waals surface area contributed by atoms with Crippen LogP contribution >= 0.6 is 0 Å². The predicted octanol–water partition coefficient (Wildman–Crippen LogP) is 2.34. The molecule has 1 aromatic carbocycles. The van der Waals surface area contributed by atoms with Gasteiger partial charge in [0.15, 0.2) is 6.23 Å². The Hall–Kier alpha value is -1.35. The number of ether oxygens (including phenoxy) is 1. The minimum Gasteiger partial charge on any atom is -0.352 e. The summed E-state index contributed by atoms with van der Waals surface area (Å²) in [6.45, 7) is 2.69. The summed E-state index contributed by atoms with van der Waals surface area (Å²) in [4.78, 5) is 14.2. The molecule has 2 saturated heterocycles. The molecular formula is C14H17NO2. The molecular weight excluding hydrogens is 214 g/mol. The molecule has 1 amide bonds. The third-order valence-electron chi connectivity index (χ3n) is 3.79. The topological polar surface area (TPSA) is 29.5 Å². The highest BCUT2D eigenvalue weighted by molar-refractivity contribution is 5.80. The van der Waals surface area contributed by atoms with Crippen molar-refractivity contribution >= 4 is 5.91 Å². The summed E-state index contributed by atoms with van der Waals surface area (Å²) in [6, 6.07) is 10.3. The second-order valence-electron chi connectivity index (χ2n) is 4.97. The Balaban J connectivity index is 1.90. The Morgan fingerprint density at radius 1 is 1.24 bits per heavy atom. The van der Waals surface area contributed by atoms with E-state index in [1.807, 2.05) is 42.2 Å². The van der Waals surface area contributed by atoms with Crippen LogP contribution in [0.3, 0.4) is 0 Å². The highest BCUT2D eigenvalue weighted by Gasteiger charge is 2.43. The first-order valence-electron chi connectivity index (χ1n) is 6.26. The van der Waals surface area contributed by atoms with Crippen molar-refractivity contribution in [2.45, 2.75) is 32.0 Å². The smallest absolute Gasteiger partial charge is 0.228 e. The van der Waals surface area contributed by atoms with Crippen molar-refractivity contribution in [2.24, 2.45) is 5.92 Å². The van der Waals surface area contributed by atoms with Gasteiger partial charge >= 0.3 is 0 Å². The Morgan fingerprint density at radius 3 is 2.76 bits per heavy atom. The molecule has 3 nitrogen and oxygen atoms in total. The molecule has 0 saturated carbocycles. The number of fused-ring (bicyclic) bond motifs is 1. The van der Waals surface area contributed by atoms with E-state index in [0.29, 0.717) is 6.61 Å². The number of piperidine rings is 1. The first kappa shape index (κ1) is 10.8. The summed E-state index contributed by atoms with van der Waals surface area (Å²) >= 11 is 0. The number of carbonyl (C=O) groups excluding carboxylic acids is 1. The lowest BCUT2D eigenvalue weighted by atomic mass is 9.93. The third-order valence-corrected chi connectivity index (χ3v) is 3.79. The molecule has 17 heavy (non-hydrogen) atoms. The van der Waals surface area contributed by atoms with Gasteiger partial charge in [-0.3, -0.25) is 4.79 Å². The molecule has 1 aromatic rings. The number of hydrogen-bond acceptors (Lipinski definition) is 2. The average Bonchev–Trinajstić information content (AvgIpc) is 2.79. The second kappa shape index (κ2) is 4.15. The van der Waals surface area contributed by atoms with Crippen LogP contribution in [0.4, 0.5) is 0 Å². The summed E-state index contributed by atoms with van der Waals surface area (Å²) in [7, 11) is 0. The molecule has 0 unspecified atom stereocenters.